The summed E-state index contributed by atoms with van der Waals surface area (Å²) in [7, 11) is -3.92. The number of nitrogen functional groups attached to an aromatic ring is 1. The molecule has 10 nitrogen and oxygen atoms in total. The number of hydrogen-bond donors (Lipinski definition) is 4. The molecule has 0 bridgehead atoms. The first-order chi connectivity index (χ1) is 17.6. The third-order valence-corrected chi connectivity index (χ3v) is 7.80. The molecule has 1 aromatic heterocycles. The van der Waals surface area contributed by atoms with E-state index in [9.17, 15) is 13.2 Å². The van der Waals surface area contributed by atoms with Gasteiger partial charge in [0.05, 0.1) is 10.6 Å². The SMILES string of the molecule is CCSCC1(C(=O)Nc2ccc(-c3ccccc3S(N)(=O)=O)cn2)CC(c2cccc(C(=N)N)c2)=NO1. The maximum absolute atomic E-state index is 13.4. The number of hydrogen-bond acceptors (Lipinski definition) is 8. The molecule has 0 spiro atoms. The number of nitrogens with zero attached hydrogens (tertiary/aromatic N) is 2. The Kier molecular flexibility index (Phi) is 7.62. The molecule has 2 heterocycles. The van der Waals surface area contributed by atoms with Crippen LogP contribution in [-0.4, -0.2) is 48.0 Å². The Morgan fingerprint density at radius 2 is 1.95 bits per heavy atom. The van der Waals surface area contributed by atoms with Crippen LogP contribution in [0, 0.1) is 5.41 Å². The van der Waals surface area contributed by atoms with Crippen molar-refractivity contribution in [3.8, 4) is 11.1 Å². The molecule has 0 aliphatic carbocycles. The standard InChI is InChI=1S/C25H26N6O4S2/c1-2-36-15-25(13-20(31-35-25)16-6-5-7-17(12-16)23(26)27)24(32)30-22-11-10-18(14-29-22)19-8-3-4-9-21(19)37(28,33)34/h3-12,14H,2,13,15H2,1H3,(H3,26,27)(H2,28,33,34)(H,29,30,32). The number of nitrogens with two attached hydrogens (primary N) is 2. The molecule has 1 amide bonds. The zero-order valence-corrected chi connectivity index (χ0v) is 21.6. The molecule has 0 saturated heterocycles. The van der Waals surface area contributed by atoms with Gasteiger partial charge in [0.2, 0.25) is 15.6 Å². The molecule has 3 aromatic rings. The van der Waals surface area contributed by atoms with Gasteiger partial charge in [-0.3, -0.25) is 10.2 Å². The average Bonchev–Trinajstić information content (AvgIpc) is 3.33. The molecule has 6 N–H and O–H groups in total. The summed E-state index contributed by atoms with van der Waals surface area (Å²) < 4.78 is 23.9. The van der Waals surface area contributed by atoms with Gasteiger partial charge >= 0.3 is 0 Å². The van der Waals surface area contributed by atoms with Crippen LogP contribution in [0.2, 0.25) is 0 Å². The first kappa shape index (κ1) is 26.3. The molecule has 0 saturated carbocycles. The first-order valence-electron chi connectivity index (χ1n) is 11.3. The number of amides is 1. The molecule has 0 fully saturated rings. The number of anilines is 1. The maximum Gasteiger partial charge on any atom is 0.273 e. The molecule has 192 valence electrons. The van der Waals surface area contributed by atoms with E-state index >= 15 is 0 Å². The topological polar surface area (TPSA) is 174 Å². The number of sulfonamides is 1. The monoisotopic (exact) mass is 538 g/mol. The minimum Gasteiger partial charge on any atom is -0.384 e. The molecule has 12 heteroatoms. The van der Waals surface area contributed by atoms with E-state index in [0.717, 1.165) is 11.3 Å². The van der Waals surface area contributed by atoms with Crippen molar-refractivity contribution in [3.63, 3.8) is 0 Å². The van der Waals surface area contributed by atoms with E-state index in [1.165, 1.54) is 12.3 Å². The molecule has 1 aliphatic heterocycles. The highest BCUT2D eigenvalue weighted by atomic mass is 32.2. The Hall–Kier alpha value is -3.74. The van der Waals surface area contributed by atoms with E-state index in [1.807, 2.05) is 13.0 Å². The summed E-state index contributed by atoms with van der Waals surface area (Å²) in [6.45, 7) is 1.99. The number of aromatic nitrogens is 1. The highest BCUT2D eigenvalue weighted by molar-refractivity contribution is 7.99. The Morgan fingerprint density at radius 3 is 2.62 bits per heavy atom. The number of primary sulfonamides is 1. The summed E-state index contributed by atoms with van der Waals surface area (Å²) in [5, 5.41) is 20.0. The first-order valence-corrected chi connectivity index (χ1v) is 14.0. The maximum atomic E-state index is 13.4. The summed E-state index contributed by atoms with van der Waals surface area (Å²) in [6.07, 6.45) is 1.70. The van der Waals surface area contributed by atoms with Crippen LogP contribution < -0.4 is 16.2 Å². The van der Waals surface area contributed by atoms with E-state index < -0.39 is 21.5 Å². The van der Waals surface area contributed by atoms with Crippen LogP contribution in [0.25, 0.3) is 11.1 Å². The molecule has 1 atom stereocenters. The molecule has 37 heavy (non-hydrogen) atoms. The number of benzene rings is 2. The predicted molar refractivity (Wildman–Crippen MR) is 145 cm³/mol. The molecule has 0 radical (unpaired) electrons. The molecule has 2 aromatic carbocycles. The van der Waals surface area contributed by atoms with Crippen LogP contribution in [-0.2, 0) is 19.7 Å². The lowest BCUT2D eigenvalue weighted by molar-refractivity contribution is -0.135. The second kappa shape index (κ2) is 10.7. The predicted octanol–water partition coefficient (Wildman–Crippen LogP) is 2.94. The lowest BCUT2D eigenvalue weighted by atomic mass is 9.94. The van der Waals surface area contributed by atoms with Crippen LogP contribution in [0.15, 0.2) is 76.9 Å². The van der Waals surface area contributed by atoms with Crippen molar-refractivity contribution < 1.29 is 18.0 Å². The molecule has 1 aliphatic rings. The minimum absolute atomic E-state index is 0.0120. The fourth-order valence-corrected chi connectivity index (χ4v) is 5.42. The fourth-order valence-electron chi connectivity index (χ4n) is 3.84. The number of oxime groups is 1. The largest absolute Gasteiger partial charge is 0.384 e. The van der Waals surface area contributed by atoms with Crippen molar-refractivity contribution >= 4 is 45.1 Å². The van der Waals surface area contributed by atoms with E-state index in [2.05, 4.69) is 15.5 Å². The fraction of sp³-hybridized carbons (Fsp3) is 0.200. The Morgan fingerprint density at radius 1 is 1.16 bits per heavy atom. The summed E-state index contributed by atoms with van der Waals surface area (Å²) in [5.41, 5.74) is 7.17. The summed E-state index contributed by atoms with van der Waals surface area (Å²) >= 11 is 1.55. The minimum atomic E-state index is -3.92. The smallest absolute Gasteiger partial charge is 0.273 e. The Balaban J connectivity index is 1.54. The zero-order chi connectivity index (χ0) is 26.6. The van der Waals surface area contributed by atoms with Gasteiger partial charge in [0.25, 0.3) is 5.91 Å². The number of nitrogens with one attached hydrogen (secondary N) is 2. The van der Waals surface area contributed by atoms with Gasteiger partial charge in [0.1, 0.15) is 11.7 Å². The van der Waals surface area contributed by atoms with Gasteiger partial charge < -0.3 is 15.9 Å². The van der Waals surface area contributed by atoms with Gasteiger partial charge in [-0.15, -0.1) is 0 Å². The van der Waals surface area contributed by atoms with Crippen LogP contribution in [0.3, 0.4) is 0 Å². The van der Waals surface area contributed by atoms with Crippen molar-refractivity contribution in [2.75, 3.05) is 16.8 Å². The third-order valence-electron chi connectivity index (χ3n) is 5.75. The average molecular weight is 539 g/mol. The summed E-state index contributed by atoms with van der Waals surface area (Å²) in [5.74, 6) is 0.963. The second-order valence-corrected chi connectivity index (χ2v) is 11.2. The summed E-state index contributed by atoms with van der Waals surface area (Å²) in [6, 6.07) is 16.7. The van der Waals surface area contributed by atoms with Gasteiger partial charge in [-0.25, -0.2) is 18.5 Å². The van der Waals surface area contributed by atoms with Gasteiger partial charge in [-0.2, -0.15) is 11.8 Å². The van der Waals surface area contributed by atoms with E-state index in [0.29, 0.717) is 28.2 Å². The third kappa shape index (κ3) is 5.82. The van der Waals surface area contributed by atoms with Crippen molar-refractivity contribution in [3.05, 3.63) is 78.0 Å². The highest BCUT2D eigenvalue weighted by Crippen LogP contribution is 2.32. The van der Waals surface area contributed by atoms with Gasteiger partial charge in [-0.1, -0.05) is 48.5 Å². The number of rotatable bonds is 9. The lowest BCUT2D eigenvalue weighted by Crippen LogP contribution is -2.46. The van der Waals surface area contributed by atoms with Crippen molar-refractivity contribution in [2.24, 2.45) is 16.0 Å². The number of carbonyl (C=O) groups is 1. The molecular weight excluding hydrogens is 512 g/mol. The lowest BCUT2D eigenvalue weighted by Gasteiger charge is -2.24. The van der Waals surface area contributed by atoms with Crippen molar-refractivity contribution in [1.82, 2.24) is 4.98 Å². The quantitative estimate of drug-likeness (QED) is 0.239. The van der Waals surface area contributed by atoms with Crippen LogP contribution in [0.4, 0.5) is 5.82 Å². The Labute approximate surface area is 219 Å². The van der Waals surface area contributed by atoms with Crippen LogP contribution in [0.5, 0.6) is 0 Å². The van der Waals surface area contributed by atoms with Gasteiger partial charge in [-0.05, 0) is 30.0 Å². The molecular formula is C25H26N6O4S2. The van der Waals surface area contributed by atoms with Crippen LogP contribution in [0.1, 0.15) is 24.5 Å². The van der Waals surface area contributed by atoms with Crippen molar-refractivity contribution in [2.45, 2.75) is 23.8 Å². The number of thioether (sulfide) groups is 1. The number of pyridine rings is 1. The van der Waals surface area contributed by atoms with Crippen molar-refractivity contribution in [1.29, 1.82) is 5.41 Å². The molecule has 1 unspecified atom stereocenters. The normalized spacial score (nSPS) is 17.1. The van der Waals surface area contributed by atoms with Gasteiger partial charge in [0, 0.05) is 40.6 Å². The Bertz CT molecular complexity index is 1470. The van der Waals surface area contributed by atoms with E-state index in [-0.39, 0.29) is 23.0 Å². The highest BCUT2D eigenvalue weighted by Gasteiger charge is 2.47. The second-order valence-electron chi connectivity index (χ2n) is 8.36. The zero-order valence-electron chi connectivity index (χ0n) is 20.0. The van der Waals surface area contributed by atoms with E-state index in [1.54, 1.807) is 60.3 Å². The van der Waals surface area contributed by atoms with Gasteiger partial charge in [0.15, 0.2) is 0 Å². The van der Waals surface area contributed by atoms with E-state index in [4.69, 9.17) is 21.1 Å². The molecule has 4 rings (SSSR count). The number of carbonyl (C=O) groups excluding carboxylic acids is 1. The van der Waals surface area contributed by atoms with Crippen LogP contribution >= 0.6 is 11.8 Å². The number of amidine groups is 1. The summed E-state index contributed by atoms with van der Waals surface area (Å²) in [4.78, 5) is 23.5.